The number of para-hydroxylation sites is 1. The molecule has 8 heteroatoms. The van der Waals surface area contributed by atoms with Gasteiger partial charge in [0.15, 0.2) is 6.61 Å². The topological polar surface area (TPSA) is 75.7 Å². The molecule has 2 heterocycles. The summed E-state index contributed by atoms with van der Waals surface area (Å²) in [6.07, 6.45) is 1.67. The van der Waals surface area contributed by atoms with Gasteiger partial charge in [-0.2, -0.15) is 0 Å². The molecule has 0 saturated heterocycles. The van der Waals surface area contributed by atoms with Gasteiger partial charge >= 0.3 is 5.97 Å². The van der Waals surface area contributed by atoms with Crippen molar-refractivity contribution in [2.24, 2.45) is 0 Å². The minimum absolute atomic E-state index is 0.0362. The second kappa shape index (κ2) is 8.70. The van der Waals surface area contributed by atoms with Crippen LogP contribution < -0.4 is 10.2 Å². The average molecular weight is 445 g/mol. The predicted octanol–water partition coefficient (Wildman–Crippen LogP) is 4.05. The van der Waals surface area contributed by atoms with Crippen molar-refractivity contribution in [3.63, 3.8) is 0 Å². The van der Waals surface area contributed by atoms with Crippen LogP contribution in [-0.2, 0) is 25.5 Å². The number of amides is 2. The van der Waals surface area contributed by atoms with Gasteiger partial charge in [0.1, 0.15) is 0 Å². The van der Waals surface area contributed by atoms with Crippen LogP contribution in [0.4, 0.5) is 11.4 Å². The molecule has 2 aliphatic heterocycles. The highest BCUT2D eigenvalue weighted by atomic mass is 35.5. The number of hydrogen-bond donors (Lipinski definition) is 1. The molecule has 2 amide bonds. The van der Waals surface area contributed by atoms with Crippen LogP contribution in [0.2, 0.25) is 5.02 Å². The largest absolute Gasteiger partial charge is 0.456 e. The Kier molecular flexibility index (Phi) is 6.01. The smallest absolute Gasteiger partial charge is 0.307 e. The Labute approximate surface area is 183 Å². The first-order chi connectivity index (χ1) is 14.4. The van der Waals surface area contributed by atoms with Crippen LogP contribution in [0.15, 0.2) is 47.4 Å². The number of ether oxygens (including phenoxy) is 1. The molecule has 2 atom stereocenters. The van der Waals surface area contributed by atoms with Gasteiger partial charge in [0.2, 0.25) is 5.91 Å². The van der Waals surface area contributed by atoms with E-state index in [1.165, 1.54) is 11.8 Å². The van der Waals surface area contributed by atoms with E-state index in [2.05, 4.69) is 5.32 Å². The fraction of sp³-hybridized carbons (Fsp3) is 0.318. The Morgan fingerprint density at radius 1 is 1.27 bits per heavy atom. The molecule has 156 valence electrons. The monoisotopic (exact) mass is 444 g/mol. The van der Waals surface area contributed by atoms with Gasteiger partial charge in [0.25, 0.3) is 5.91 Å². The van der Waals surface area contributed by atoms with E-state index in [0.29, 0.717) is 10.7 Å². The van der Waals surface area contributed by atoms with Gasteiger partial charge in [-0.3, -0.25) is 14.4 Å². The first-order valence-corrected chi connectivity index (χ1v) is 11.0. The second-order valence-electron chi connectivity index (χ2n) is 7.38. The lowest BCUT2D eigenvalue weighted by Crippen LogP contribution is -2.44. The van der Waals surface area contributed by atoms with Crippen molar-refractivity contribution in [2.75, 3.05) is 16.8 Å². The predicted molar refractivity (Wildman–Crippen MR) is 117 cm³/mol. The number of nitrogens with zero attached hydrogens (tertiary/aromatic N) is 1. The summed E-state index contributed by atoms with van der Waals surface area (Å²) in [7, 11) is 0. The van der Waals surface area contributed by atoms with E-state index in [0.717, 1.165) is 29.0 Å². The number of esters is 1. The zero-order valence-corrected chi connectivity index (χ0v) is 18.0. The average Bonchev–Trinajstić information content (AvgIpc) is 2.72. The lowest BCUT2D eigenvalue weighted by atomic mass is 9.96. The molecule has 0 saturated carbocycles. The lowest BCUT2D eigenvalue weighted by Gasteiger charge is -2.35. The van der Waals surface area contributed by atoms with E-state index in [-0.39, 0.29) is 30.9 Å². The van der Waals surface area contributed by atoms with Crippen LogP contribution in [0.1, 0.15) is 25.3 Å². The number of nitrogens with one attached hydrogen (secondary N) is 1. The number of benzene rings is 2. The zero-order chi connectivity index (χ0) is 21.3. The summed E-state index contributed by atoms with van der Waals surface area (Å²) in [4.78, 5) is 40.0. The van der Waals surface area contributed by atoms with Gasteiger partial charge < -0.3 is 15.0 Å². The Morgan fingerprint density at radius 2 is 2.07 bits per heavy atom. The third kappa shape index (κ3) is 4.32. The molecule has 0 aromatic heterocycles. The highest BCUT2D eigenvalue weighted by Crippen LogP contribution is 2.38. The van der Waals surface area contributed by atoms with Gasteiger partial charge in [0.05, 0.1) is 17.4 Å². The highest BCUT2D eigenvalue weighted by Gasteiger charge is 2.31. The first-order valence-electron chi connectivity index (χ1n) is 9.75. The van der Waals surface area contributed by atoms with E-state index in [9.17, 15) is 14.4 Å². The summed E-state index contributed by atoms with van der Waals surface area (Å²) in [5.41, 5.74) is 2.62. The maximum absolute atomic E-state index is 12.8. The molecule has 2 aromatic carbocycles. The number of fused-ring (bicyclic) bond motifs is 2. The number of halogens is 1. The van der Waals surface area contributed by atoms with Crippen molar-refractivity contribution in [1.82, 2.24) is 0 Å². The number of hydrogen-bond acceptors (Lipinski definition) is 5. The Balaban J connectivity index is 1.36. The van der Waals surface area contributed by atoms with Crippen LogP contribution in [0.3, 0.4) is 0 Å². The molecule has 2 aliphatic rings. The maximum atomic E-state index is 12.8. The van der Waals surface area contributed by atoms with Crippen molar-refractivity contribution >= 4 is 52.5 Å². The van der Waals surface area contributed by atoms with Crippen molar-refractivity contribution < 1.29 is 19.1 Å². The number of carbonyl (C=O) groups excluding carboxylic acids is 3. The lowest BCUT2D eigenvalue weighted by molar-refractivity contribution is -0.148. The molecule has 2 unspecified atom stereocenters. The van der Waals surface area contributed by atoms with Crippen LogP contribution in [0, 0.1) is 0 Å². The summed E-state index contributed by atoms with van der Waals surface area (Å²) in [5, 5.41) is 2.67. The molecule has 0 aliphatic carbocycles. The summed E-state index contributed by atoms with van der Waals surface area (Å²) in [6.45, 7) is 1.64. The summed E-state index contributed by atoms with van der Waals surface area (Å²) in [6, 6.07) is 13.0. The van der Waals surface area contributed by atoms with Crippen molar-refractivity contribution in [2.45, 2.75) is 42.4 Å². The van der Waals surface area contributed by atoms with Crippen LogP contribution in [0.25, 0.3) is 0 Å². The second-order valence-corrected chi connectivity index (χ2v) is 9.06. The number of thioether (sulfide) groups is 1. The van der Waals surface area contributed by atoms with Crippen molar-refractivity contribution in [3.8, 4) is 0 Å². The number of aryl methyl sites for hydroxylation is 1. The van der Waals surface area contributed by atoms with Gasteiger partial charge in [0, 0.05) is 21.6 Å². The van der Waals surface area contributed by atoms with Gasteiger partial charge in [-0.1, -0.05) is 29.8 Å². The molecule has 2 aromatic rings. The van der Waals surface area contributed by atoms with E-state index in [1.54, 1.807) is 23.1 Å². The van der Waals surface area contributed by atoms with Crippen LogP contribution in [-0.4, -0.2) is 35.7 Å². The molecule has 0 fully saturated rings. The van der Waals surface area contributed by atoms with Crippen LogP contribution >= 0.6 is 23.4 Å². The minimum Gasteiger partial charge on any atom is -0.456 e. The maximum Gasteiger partial charge on any atom is 0.307 e. The molecule has 30 heavy (non-hydrogen) atoms. The Hall–Kier alpha value is -2.51. The molecule has 0 bridgehead atoms. The Morgan fingerprint density at radius 3 is 2.90 bits per heavy atom. The molecule has 0 radical (unpaired) electrons. The SMILES string of the molecule is CC1CCc2ccccc2N1C(=O)COC(=O)CC1Sc2ccc(Cl)cc2NC1=O. The minimum atomic E-state index is -0.615. The summed E-state index contributed by atoms with van der Waals surface area (Å²) < 4.78 is 5.23. The Bertz CT molecular complexity index is 1010. The highest BCUT2D eigenvalue weighted by molar-refractivity contribution is 8.01. The van der Waals surface area contributed by atoms with Crippen molar-refractivity contribution in [1.29, 1.82) is 0 Å². The van der Waals surface area contributed by atoms with E-state index in [4.69, 9.17) is 16.3 Å². The standard InChI is InChI=1S/C22H21ClN2O4S/c1-13-6-7-14-4-2-3-5-17(14)25(13)20(26)12-29-21(27)11-19-22(28)24-16-10-15(23)8-9-18(16)30-19/h2-5,8-10,13,19H,6-7,11-12H2,1H3,(H,24,28). The van der Waals surface area contributed by atoms with Crippen molar-refractivity contribution in [3.05, 3.63) is 53.1 Å². The summed E-state index contributed by atoms with van der Waals surface area (Å²) >= 11 is 7.24. The van der Waals surface area contributed by atoms with E-state index in [1.807, 2.05) is 31.2 Å². The van der Waals surface area contributed by atoms with E-state index >= 15 is 0 Å². The molecule has 0 spiro atoms. The van der Waals surface area contributed by atoms with Gasteiger partial charge in [-0.25, -0.2) is 0 Å². The molecule has 4 rings (SSSR count). The third-order valence-corrected chi connectivity index (χ3v) is 6.77. The van der Waals surface area contributed by atoms with Gasteiger partial charge in [-0.15, -0.1) is 11.8 Å². The van der Waals surface area contributed by atoms with Crippen LogP contribution in [0.5, 0.6) is 0 Å². The van der Waals surface area contributed by atoms with Gasteiger partial charge in [-0.05, 0) is 49.6 Å². The molecule has 1 N–H and O–H groups in total. The fourth-order valence-electron chi connectivity index (χ4n) is 3.75. The third-order valence-electron chi connectivity index (χ3n) is 5.26. The number of rotatable bonds is 4. The molecular formula is C22H21ClN2O4S. The normalized spacial score (nSPS) is 20.1. The fourth-order valence-corrected chi connectivity index (χ4v) is 4.99. The quantitative estimate of drug-likeness (QED) is 0.720. The zero-order valence-electron chi connectivity index (χ0n) is 16.4. The molecular weight excluding hydrogens is 424 g/mol. The first kappa shape index (κ1) is 20.8. The number of anilines is 2. The van der Waals surface area contributed by atoms with E-state index < -0.39 is 11.2 Å². The molecule has 6 nitrogen and oxygen atoms in total. The number of carbonyl (C=O) groups is 3. The summed E-state index contributed by atoms with van der Waals surface area (Å²) in [5.74, 6) is -1.12.